The van der Waals surface area contributed by atoms with Crippen LogP contribution in [0.5, 0.6) is 0 Å². The second-order valence-electron chi connectivity index (χ2n) is 7.95. The largest absolute Gasteiger partial charge is 0.352 e. The van der Waals surface area contributed by atoms with Crippen LogP contribution in [0.3, 0.4) is 0 Å². The van der Waals surface area contributed by atoms with Crippen molar-refractivity contribution in [1.82, 2.24) is 14.5 Å². The van der Waals surface area contributed by atoms with Crippen LogP contribution >= 0.6 is 11.6 Å². The first-order valence-corrected chi connectivity index (χ1v) is 12.3. The van der Waals surface area contributed by atoms with Crippen molar-refractivity contribution in [3.8, 4) is 0 Å². The molecule has 1 N–H and O–H groups in total. The molecule has 2 amide bonds. The molecule has 0 aliphatic heterocycles. The molecule has 0 aromatic heterocycles. The lowest BCUT2D eigenvalue weighted by atomic mass is 10.1. The van der Waals surface area contributed by atoms with E-state index in [9.17, 15) is 22.4 Å². The van der Waals surface area contributed by atoms with E-state index in [0.29, 0.717) is 17.0 Å². The molecule has 0 saturated carbocycles. The monoisotopic (exact) mass is 497 g/mol. The second kappa shape index (κ2) is 11.6. The van der Waals surface area contributed by atoms with E-state index in [4.69, 9.17) is 11.6 Å². The Morgan fingerprint density at radius 2 is 1.64 bits per heavy atom. The molecule has 7 nitrogen and oxygen atoms in total. The van der Waals surface area contributed by atoms with Gasteiger partial charge in [0.25, 0.3) is 0 Å². The van der Waals surface area contributed by atoms with Crippen LogP contribution < -0.4 is 5.32 Å². The first kappa shape index (κ1) is 26.8. The minimum atomic E-state index is -3.96. The molecule has 0 unspecified atom stereocenters. The summed E-state index contributed by atoms with van der Waals surface area (Å²) in [5, 5.41) is 3.19. The molecule has 2 aromatic carbocycles. The van der Waals surface area contributed by atoms with Crippen molar-refractivity contribution in [2.45, 2.75) is 50.7 Å². The number of nitrogens with one attached hydrogen (secondary N) is 1. The molecule has 10 heteroatoms. The van der Waals surface area contributed by atoms with E-state index in [0.717, 1.165) is 4.31 Å². The highest BCUT2D eigenvalue weighted by molar-refractivity contribution is 7.89. The zero-order valence-corrected chi connectivity index (χ0v) is 20.7. The Bertz CT molecular complexity index is 1060. The fraction of sp³-hybridized carbons (Fsp3) is 0.391. The lowest BCUT2D eigenvalue weighted by Gasteiger charge is -2.32. The Hall–Kier alpha value is -2.49. The molecule has 0 fully saturated rings. The maximum atomic E-state index is 13.3. The average Bonchev–Trinajstić information content (AvgIpc) is 2.74. The summed E-state index contributed by atoms with van der Waals surface area (Å²) < 4.78 is 40.1. The van der Waals surface area contributed by atoms with Crippen molar-refractivity contribution in [3.63, 3.8) is 0 Å². The van der Waals surface area contributed by atoms with Crippen molar-refractivity contribution in [3.05, 3.63) is 64.9 Å². The smallest absolute Gasteiger partial charge is 0.243 e. The van der Waals surface area contributed by atoms with Crippen LogP contribution in [0.25, 0.3) is 0 Å². The zero-order valence-electron chi connectivity index (χ0n) is 19.1. The molecule has 0 heterocycles. The number of carbonyl (C=O) groups excluding carboxylic acids is 2. The van der Waals surface area contributed by atoms with Gasteiger partial charge in [0.15, 0.2) is 0 Å². The van der Waals surface area contributed by atoms with Crippen molar-refractivity contribution in [2.24, 2.45) is 0 Å². The summed E-state index contributed by atoms with van der Waals surface area (Å²) in [6.45, 7) is 4.94. The summed E-state index contributed by atoms with van der Waals surface area (Å²) in [7, 11) is -2.66. The van der Waals surface area contributed by atoms with Gasteiger partial charge >= 0.3 is 0 Å². The van der Waals surface area contributed by atoms with E-state index in [1.165, 1.54) is 60.5 Å². The minimum absolute atomic E-state index is 0.00289. The number of likely N-dealkylation sites (N-methyl/N-ethyl adjacent to an activating group) is 1. The fourth-order valence-electron chi connectivity index (χ4n) is 3.24. The molecular weight excluding hydrogens is 469 g/mol. The first-order chi connectivity index (χ1) is 15.4. The third-order valence-electron chi connectivity index (χ3n) is 4.96. The van der Waals surface area contributed by atoms with Crippen molar-refractivity contribution < 1.29 is 22.4 Å². The van der Waals surface area contributed by atoms with Crippen LogP contribution in [0.4, 0.5) is 4.39 Å². The molecule has 2 rings (SSSR count). The van der Waals surface area contributed by atoms with Gasteiger partial charge in [-0.25, -0.2) is 12.8 Å². The molecule has 1 atom stereocenters. The normalized spacial score (nSPS) is 12.6. The van der Waals surface area contributed by atoms with Gasteiger partial charge in [-0.05, 0) is 62.2 Å². The van der Waals surface area contributed by atoms with Gasteiger partial charge in [-0.1, -0.05) is 30.7 Å². The SMILES string of the molecule is CC[C@H](C(=O)NC(C)C)N(Cc1ccc(F)cc1)C(=O)CN(C)S(=O)(=O)c1ccc(Cl)cc1. The van der Waals surface area contributed by atoms with Crippen LogP contribution in [0.2, 0.25) is 5.02 Å². The summed E-state index contributed by atoms with van der Waals surface area (Å²) in [6.07, 6.45) is 0.319. The molecule has 180 valence electrons. The van der Waals surface area contributed by atoms with Gasteiger partial charge in [0.1, 0.15) is 11.9 Å². The Labute approximate surface area is 199 Å². The number of carbonyl (C=O) groups is 2. The minimum Gasteiger partial charge on any atom is -0.352 e. The second-order valence-corrected chi connectivity index (χ2v) is 10.4. The van der Waals surface area contributed by atoms with Gasteiger partial charge in [-0.2, -0.15) is 4.31 Å². The Kier molecular flexibility index (Phi) is 9.39. The molecule has 33 heavy (non-hydrogen) atoms. The van der Waals surface area contributed by atoms with Crippen molar-refractivity contribution in [1.29, 1.82) is 0 Å². The van der Waals surface area contributed by atoms with Gasteiger partial charge < -0.3 is 10.2 Å². The topological polar surface area (TPSA) is 86.8 Å². The predicted octanol–water partition coefficient (Wildman–Crippen LogP) is 3.43. The highest BCUT2D eigenvalue weighted by Crippen LogP contribution is 2.19. The summed E-state index contributed by atoms with van der Waals surface area (Å²) >= 11 is 5.84. The number of nitrogens with zero attached hydrogens (tertiary/aromatic N) is 2. The molecular formula is C23H29ClFN3O4S. The number of rotatable bonds is 10. The van der Waals surface area contributed by atoms with Gasteiger partial charge in [-0.15, -0.1) is 0 Å². The predicted molar refractivity (Wildman–Crippen MR) is 126 cm³/mol. The number of halogens is 2. The first-order valence-electron chi connectivity index (χ1n) is 10.5. The van der Waals surface area contributed by atoms with E-state index >= 15 is 0 Å². The quantitative estimate of drug-likeness (QED) is 0.545. The Morgan fingerprint density at radius 3 is 2.15 bits per heavy atom. The maximum Gasteiger partial charge on any atom is 0.243 e. The van der Waals surface area contributed by atoms with E-state index in [-0.39, 0.29) is 23.4 Å². The van der Waals surface area contributed by atoms with Crippen LogP contribution in [0.1, 0.15) is 32.8 Å². The van der Waals surface area contributed by atoms with Gasteiger partial charge in [-0.3, -0.25) is 9.59 Å². The van der Waals surface area contributed by atoms with Crippen LogP contribution in [0.15, 0.2) is 53.4 Å². The lowest BCUT2D eigenvalue weighted by molar-refractivity contribution is -0.141. The van der Waals surface area contributed by atoms with Crippen LogP contribution in [-0.2, 0) is 26.2 Å². The van der Waals surface area contributed by atoms with Crippen molar-refractivity contribution in [2.75, 3.05) is 13.6 Å². The molecule has 0 aliphatic rings. The number of sulfonamides is 1. The maximum absolute atomic E-state index is 13.3. The molecule has 0 saturated heterocycles. The van der Waals surface area contributed by atoms with Gasteiger partial charge in [0.05, 0.1) is 11.4 Å². The summed E-state index contributed by atoms with van der Waals surface area (Å²) in [5.74, 6) is -1.31. The van der Waals surface area contributed by atoms with Crippen molar-refractivity contribution >= 4 is 33.4 Å². The summed E-state index contributed by atoms with van der Waals surface area (Å²) in [5.41, 5.74) is 0.615. The lowest BCUT2D eigenvalue weighted by Crippen LogP contribution is -2.52. The van der Waals surface area contributed by atoms with Gasteiger partial charge in [0.2, 0.25) is 21.8 Å². The average molecular weight is 498 g/mol. The third-order valence-corrected chi connectivity index (χ3v) is 7.03. The van der Waals surface area contributed by atoms with Gasteiger partial charge in [0, 0.05) is 24.7 Å². The van der Waals surface area contributed by atoms with E-state index in [2.05, 4.69) is 5.32 Å². The van der Waals surface area contributed by atoms with E-state index in [1.54, 1.807) is 6.92 Å². The molecule has 0 radical (unpaired) electrons. The fourth-order valence-corrected chi connectivity index (χ4v) is 4.49. The standard InChI is InChI=1S/C23H29ClFN3O4S/c1-5-21(23(30)26-16(2)3)28(14-17-6-10-19(25)11-7-17)22(29)15-27(4)33(31,32)20-12-8-18(24)9-13-20/h6-13,16,21H,5,14-15H2,1-4H3,(H,26,30)/t21-/m1/s1. The molecule has 2 aromatic rings. The number of hydrogen-bond acceptors (Lipinski definition) is 4. The highest BCUT2D eigenvalue weighted by Gasteiger charge is 2.32. The van der Waals surface area contributed by atoms with E-state index < -0.39 is 34.3 Å². The number of amides is 2. The summed E-state index contributed by atoms with van der Waals surface area (Å²) in [6, 6.07) is 10.3. The summed E-state index contributed by atoms with van der Waals surface area (Å²) in [4.78, 5) is 27.4. The zero-order chi connectivity index (χ0) is 24.8. The molecule has 0 aliphatic carbocycles. The number of benzene rings is 2. The number of hydrogen-bond donors (Lipinski definition) is 1. The molecule has 0 spiro atoms. The highest BCUT2D eigenvalue weighted by atomic mass is 35.5. The Morgan fingerprint density at radius 1 is 1.06 bits per heavy atom. The van der Waals surface area contributed by atoms with Crippen LogP contribution in [-0.4, -0.2) is 55.1 Å². The third kappa shape index (κ3) is 7.25. The van der Waals surface area contributed by atoms with E-state index in [1.807, 2.05) is 13.8 Å². The van der Waals surface area contributed by atoms with Crippen LogP contribution in [0, 0.1) is 5.82 Å². The molecule has 0 bridgehead atoms. The Balaban J connectivity index is 2.31.